The number of ether oxygens (including phenoxy) is 1. The van der Waals surface area contributed by atoms with E-state index in [1.54, 1.807) is 18.9 Å². The van der Waals surface area contributed by atoms with Gasteiger partial charge in [0.1, 0.15) is 5.75 Å². The summed E-state index contributed by atoms with van der Waals surface area (Å²) in [4.78, 5) is 1.08. The molecule has 0 aliphatic heterocycles. The lowest BCUT2D eigenvalue weighted by Gasteiger charge is -2.05. The number of thioether (sulfide) groups is 1. The van der Waals surface area contributed by atoms with Gasteiger partial charge in [-0.1, -0.05) is 0 Å². The topological polar surface area (TPSA) is 35.2 Å². The zero-order chi connectivity index (χ0) is 8.27. The summed E-state index contributed by atoms with van der Waals surface area (Å²) in [5.41, 5.74) is 6.36. The van der Waals surface area contributed by atoms with E-state index in [4.69, 9.17) is 10.5 Å². The van der Waals surface area contributed by atoms with Crippen molar-refractivity contribution in [1.82, 2.24) is 0 Å². The van der Waals surface area contributed by atoms with Crippen LogP contribution in [0.1, 0.15) is 0 Å². The maximum Gasteiger partial charge on any atom is 0.132 e. The molecule has 0 saturated carbocycles. The van der Waals surface area contributed by atoms with Crippen LogP contribution < -0.4 is 10.5 Å². The van der Waals surface area contributed by atoms with Crippen molar-refractivity contribution >= 4 is 17.4 Å². The van der Waals surface area contributed by atoms with E-state index >= 15 is 0 Å². The van der Waals surface area contributed by atoms with Crippen LogP contribution in [0, 0.1) is 0 Å². The number of nitrogen functional groups attached to an aromatic ring is 1. The van der Waals surface area contributed by atoms with E-state index in [0.717, 1.165) is 16.3 Å². The Morgan fingerprint density at radius 2 is 2.18 bits per heavy atom. The molecule has 3 heteroatoms. The predicted molar refractivity (Wildman–Crippen MR) is 49.2 cm³/mol. The number of nitrogens with two attached hydrogens (primary N) is 1. The molecule has 2 nitrogen and oxygen atoms in total. The first kappa shape index (κ1) is 8.27. The normalized spacial score (nSPS) is 9.64. The first-order chi connectivity index (χ1) is 5.27. The van der Waals surface area contributed by atoms with Gasteiger partial charge in [0.2, 0.25) is 0 Å². The van der Waals surface area contributed by atoms with E-state index in [1.165, 1.54) is 0 Å². The summed E-state index contributed by atoms with van der Waals surface area (Å²) >= 11 is 1.63. The molecule has 1 aromatic carbocycles. The first-order valence-corrected chi connectivity index (χ1v) is 4.48. The lowest BCUT2D eigenvalue weighted by molar-refractivity contribution is 0.405. The summed E-state index contributed by atoms with van der Waals surface area (Å²) < 4.78 is 5.11. The van der Waals surface area contributed by atoms with Crippen molar-refractivity contribution in [2.24, 2.45) is 0 Å². The highest BCUT2D eigenvalue weighted by atomic mass is 32.2. The molecule has 0 fully saturated rings. The largest absolute Gasteiger partial charge is 0.496 e. The minimum absolute atomic E-state index is 0.773. The van der Waals surface area contributed by atoms with Crippen molar-refractivity contribution in [3.8, 4) is 5.75 Å². The van der Waals surface area contributed by atoms with Gasteiger partial charge in [-0.05, 0) is 24.5 Å². The third-order valence-electron chi connectivity index (χ3n) is 1.41. The molecule has 0 heterocycles. The lowest BCUT2D eigenvalue weighted by Crippen LogP contribution is -1.89. The SMILES string of the molecule is COc1ccc(N)cc1SC. The monoisotopic (exact) mass is 169 g/mol. The van der Waals surface area contributed by atoms with Crippen molar-refractivity contribution in [3.63, 3.8) is 0 Å². The van der Waals surface area contributed by atoms with Gasteiger partial charge in [-0.25, -0.2) is 0 Å². The zero-order valence-electron chi connectivity index (χ0n) is 6.63. The number of rotatable bonds is 2. The molecule has 0 unspecified atom stereocenters. The smallest absolute Gasteiger partial charge is 0.132 e. The van der Waals surface area contributed by atoms with Gasteiger partial charge >= 0.3 is 0 Å². The second-order valence-corrected chi connectivity index (χ2v) is 2.96. The van der Waals surface area contributed by atoms with Crippen molar-refractivity contribution < 1.29 is 4.74 Å². The molecule has 0 atom stereocenters. The van der Waals surface area contributed by atoms with E-state index < -0.39 is 0 Å². The molecule has 0 bridgehead atoms. The number of hydrogen-bond acceptors (Lipinski definition) is 3. The molecule has 0 aromatic heterocycles. The van der Waals surface area contributed by atoms with Crippen LogP contribution >= 0.6 is 11.8 Å². The number of benzene rings is 1. The summed E-state index contributed by atoms with van der Waals surface area (Å²) in [5, 5.41) is 0. The zero-order valence-corrected chi connectivity index (χ0v) is 7.44. The molecule has 2 N–H and O–H groups in total. The molecular formula is C8H11NOS. The summed E-state index contributed by atoms with van der Waals surface area (Å²) in [5.74, 6) is 0.881. The van der Waals surface area contributed by atoms with Crippen LogP contribution in [0.5, 0.6) is 5.75 Å². The fraction of sp³-hybridized carbons (Fsp3) is 0.250. The summed E-state index contributed by atoms with van der Waals surface area (Å²) in [6, 6.07) is 5.61. The summed E-state index contributed by atoms with van der Waals surface area (Å²) in [6.45, 7) is 0. The molecule has 0 saturated heterocycles. The van der Waals surface area contributed by atoms with Gasteiger partial charge in [0.15, 0.2) is 0 Å². The van der Waals surface area contributed by atoms with Gasteiger partial charge in [0.05, 0.1) is 12.0 Å². The van der Waals surface area contributed by atoms with Crippen LogP contribution in [0.15, 0.2) is 23.1 Å². The van der Waals surface area contributed by atoms with Gasteiger partial charge in [0, 0.05) is 5.69 Å². The van der Waals surface area contributed by atoms with Gasteiger partial charge in [-0.15, -0.1) is 11.8 Å². The fourth-order valence-electron chi connectivity index (χ4n) is 0.853. The molecule has 60 valence electrons. The highest BCUT2D eigenvalue weighted by molar-refractivity contribution is 7.98. The van der Waals surface area contributed by atoms with Gasteiger partial charge in [-0.3, -0.25) is 0 Å². The van der Waals surface area contributed by atoms with E-state index in [9.17, 15) is 0 Å². The molecule has 1 aromatic rings. The number of methoxy groups -OCH3 is 1. The maximum absolute atomic E-state index is 5.59. The van der Waals surface area contributed by atoms with E-state index in [-0.39, 0.29) is 0 Å². The Kier molecular flexibility index (Phi) is 2.65. The van der Waals surface area contributed by atoms with E-state index in [1.807, 2.05) is 24.5 Å². The molecule has 11 heavy (non-hydrogen) atoms. The number of hydrogen-bond donors (Lipinski definition) is 1. The van der Waals surface area contributed by atoms with Gasteiger partial charge in [-0.2, -0.15) is 0 Å². The Bertz CT molecular complexity index is 250. The molecular weight excluding hydrogens is 158 g/mol. The fourth-order valence-corrected chi connectivity index (χ4v) is 1.46. The van der Waals surface area contributed by atoms with Crippen molar-refractivity contribution in [2.45, 2.75) is 4.90 Å². The van der Waals surface area contributed by atoms with Crippen molar-refractivity contribution in [2.75, 3.05) is 19.1 Å². The van der Waals surface area contributed by atoms with E-state index in [2.05, 4.69) is 0 Å². The summed E-state index contributed by atoms with van der Waals surface area (Å²) in [6.07, 6.45) is 2.00. The molecule has 0 spiro atoms. The minimum Gasteiger partial charge on any atom is -0.496 e. The van der Waals surface area contributed by atoms with Crippen LogP contribution in [0.4, 0.5) is 5.69 Å². The lowest BCUT2D eigenvalue weighted by atomic mass is 10.3. The van der Waals surface area contributed by atoms with Crippen LogP contribution in [0.3, 0.4) is 0 Å². The minimum atomic E-state index is 0.773. The average molecular weight is 169 g/mol. The molecule has 0 aliphatic carbocycles. The summed E-state index contributed by atoms with van der Waals surface area (Å²) in [7, 11) is 1.66. The quantitative estimate of drug-likeness (QED) is 0.543. The highest BCUT2D eigenvalue weighted by Crippen LogP contribution is 2.28. The van der Waals surface area contributed by atoms with Gasteiger partial charge < -0.3 is 10.5 Å². The first-order valence-electron chi connectivity index (χ1n) is 3.25. The molecule has 0 aliphatic rings. The number of anilines is 1. The Morgan fingerprint density at radius 3 is 2.73 bits per heavy atom. The molecule has 1 rings (SSSR count). The van der Waals surface area contributed by atoms with Crippen molar-refractivity contribution in [3.05, 3.63) is 18.2 Å². The Hall–Kier alpha value is -0.830. The third-order valence-corrected chi connectivity index (χ3v) is 2.17. The second-order valence-electron chi connectivity index (χ2n) is 2.11. The Balaban J connectivity index is 3.06. The van der Waals surface area contributed by atoms with Crippen LogP contribution in [-0.4, -0.2) is 13.4 Å². The van der Waals surface area contributed by atoms with Gasteiger partial charge in [0.25, 0.3) is 0 Å². The maximum atomic E-state index is 5.59. The highest BCUT2D eigenvalue weighted by Gasteiger charge is 1.99. The second kappa shape index (κ2) is 3.53. The molecule has 0 radical (unpaired) electrons. The molecule has 0 amide bonds. The van der Waals surface area contributed by atoms with Crippen LogP contribution in [0.2, 0.25) is 0 Å². The third kappa shape index (κ3) is 1.80. The van der Waals surface area contributed by atoms with Crippen LogP contribution in [-0.2, 0) is 0 Å². The Morgan fingerprint density at radius 1 is 1.45 bits per heavy atom. The average Bonchev–Trinajstić information content (AvgIpc) is 2.04. The Labute approximate surface area is 70.7 Å². The van der Waals surface area contributed by atoms with E-state index in [0.29, 0.717) is 0 Å². The standard InChI is InChI=1S/C8H11NOS/c1-10-7-4-3-6(9)5-8(7)11-2/h3-5H,9H2,1-2H3. The predicted octanol–water partition coefficient (Wildman–Crippen LogP) is 2.00. The van der Waals surface area contributed by atoms with Crippen LogP contribution in [0.25, 0.3) is 0 Å². The van der Waals surface area contributed by atoms with Crippen molar-refractivity contribution in [1.29, 1.82) is 0 Å².